The van der Waals surface area contributed by atoms with E-state index in [1.54, 1.807) is 6.07 Å². The number of hydrogen-bond acceptors (Lipinski definition) is 4. The number of nitrogens with one attached hydrogen (secondary N) is 1. The molecular formula is C21H23N3O3. The van der Waals surface area contributed by atoms with Gasteiger partial charge in [0.2, 0.25) is 5.91 Å². The highest BCUT2D eigenvalue weighted by Crippen LogP contribution is 2.15. The Balaban J connectivity index is 1.27. The summed E-state index contributed by atoms with van der Waals surface area (Å²) in [6.45, 7) is 4.30. The molecule has 0 spiro atoms. The first-order chi connectivity index (χ1) is 13.2. The number of oxazole rings is 1. The molecule has 2 heterocycles. The molecular weight excluding hydrogens is 342 g/mol. The standard InChI is InChI=1S/C21H23N3O3/c25-20(9-7-16-6-8-19-18(14-16)22-21(26)27-19)24-12-10-23(11-13-24)15-17-4-2-1-3-5-17/h1-6,8,14H,7,9-13,15H2,(H,22,26). The van der Waals surface area contributed by atoms with E-state index in [2.05, 4.69) is 34.1 Å². The Morgan fingerprint density at radius 3 is 2.56 bits per heavy atom. The molecule has 0 bridgehead atoms. The van der Waals surface area contributed by atoms with E-state index in [4.69, 9.17) is 4.42 Å². The molecule has 0 saturated carbocycles. The van der Waals surface area contributed by atoms with Crippen LogP contribution in [0.1, 0.15) is 17.5 Å². The van der Waals surface area contributed by atoms with Crippen LogP contribution in [0.5, 0.6) is 0 Å². The molecule has 1 aliphatic heterocycles. The molecule has 140 valence electrons. The Morgan fingerprint density at radius 1 is 1.00 bits per heavy atom. The van der Waals surface area contributed by atoms with Gasteiger partial charge in [-0.05, 0) is 29.7 Å². The smallest absolute Gasteiger partial charge is 0.408 e. The summed E-state index contributed by atoms with van der Waals surface area (Å²) >= 11 is 0. The lowest BCUT2D eigenvalue weighted by molar-refractivity contribution is -0.133. The normalized spacial score (nSPS) is 15.3. The summed E-state index contributed by atoms with van der Waals surface area (Å²) in [6.07, 6.45) is 1.14. The van der Waals surface area contributed by atoms with Crippen molar-refractivity contribution in [2.75, 3.05) is 26.2 Å². The van der Waals surface area contributed by atoms with Gasteiger partial charge in [0.25, 0.3) is 0 Å². The van der Waals surface area contributed by atoms with E-state index < -0.39 is 5.76 Å². The average molecular weight is 365 g/mol. The second-order valence-electron chi connectivity index (χ2n) is 6.99. The SMILES string of the molecule is O=C(CCc1ccc2oc(=O)[nH]c2c1)N1CCN(Cc2ccccc2)CC1. The lowest BCUT2D eigenvalue weighted by atomic mass is 10.1. The Hall–Kier alpha value is -2.86. The van der Waals surface area contributed by atoms with E-state index in [1.807, 2.05) is 23.1 Å². The first kappa shape index (κ1) is 17.5. The van der Waals surface area contributed by atoms with Crippen LogP contribution in [0.3, 0.4) is 0 Å². The van der Waals surface area contributed by atoms with Gasteiger partial charge in [0.1, 0.15) is 0 Å². The fourth-order valence-electron chi connectivity index (χ4n) is 3.56. The Morgan fingerprint density at radius 2 is 1.78 bits per heavy atom. The Kier molecular flexibility index (Phi) is 5.07. The quantitative estimate of drug-likeness (QED) is 0.754. The van der Waals surface area contributed by atoms with E-state index in [1.165, 1.54) is 5.56 Å². The molecule has 3 aromatic rings. The zero-order valence-electron chi connectivity index (χ0n) is 15.2. The Labute approximate surface area is 157 Å². The number of rotatable bonds is 5. The molecule has 0 unspecified atom stereocenters. The molecule has 1 saturated heterocycles. The maximum Gasteiger partial charge on any atom is 0.417 e. The van der Waals surface area contributed by atoms with Crippen LogP contribution >= 0.6 is 0 Å². The number of fused-ring (bicyclic) bond motifs is 1. The average Bonchev–Trinajstić information content (AvgIpc) is 3.07. The summed E-state index contributed by atoms with van der Waals surface area (Å²) in [5.41, 5.74) is 3.56. The number of benzene rings is 2. The lowest BCUT2D eigenvalue weighted by Gasteiger charge is -2.34. The van der Waals surface area contributed by atoms with Gasteiger partial charge < -0.3 is 9.32 Å². The van der Waals surface area contributed by atoms with Gasteiger partial charge >= 0.3 is 5.76 Å². The van der Waals surface area contributed by atoms with Crippen molar-refractivity contribution >= 4 is 17.0 Å². The van der Waals surface area contributed by atoms with Crippen molar-refractivity contribution in [2.24, 2.45) is 0 Å². The second kappa shape index (κ2) is 7.80. The van der Waals surface area contributed by atoms with Gasteiger partial charge in [-0.25, -0.2) is 4.79 Å². The number of carbonyl (C=O) groups is 1. The minimum absolute atomic E-state index is 0.190. The van der Waals surface area contributed by atoms with Crippen molar-refractivity contribution in [1.29, 1.82) is 0 Å². The third kappa shape index (κ3) is 4.28. The molecule has 6 nitrogen and oxygen atoms in total. The predicted octanol–water partition coefficient (Wildman–Crippen LogP) is 2.40. The number of carbonyl (C=O) groups excluding carboxylic acids is 1. The third-order valence-electron chi connectivity index (χ3n) is 5.08. The van der Waals surface area contributed by atoms with Crippen molar-refractivity contribution in [2.45, 2.75) is 19.4 Å². The monoisotopic (exact) mass is 365 g/mol. The number of aromatic amines is 1. The van der Waals surface area contributed by atoms with Gasteiger partial charge in [0, 0.05) is 39.1 Å². The van der Waals surface area contributed by atoms with Gasteiger partial charge in [-0.2, -0.15) is 0 Å². The zero-order chi connectivity index (χ0) is 18.6. The van der Waals surface area contributed by atoms with Gasteiger partial charge in [0.05, 0.1) is 5.52 Å². The maximum absolute atomic E-state index is 12.5. The minimum Gasteiger partial charge on any atom is -0.408 e. The van der Waals surface area contributed by atoms with E-state index in [9.17, 15) is 9.59 Å². The fourth-order valence-corrected chi connectivity index (χ4v) is 3.56. The van der Waals surface area contributed by atoms with Crippen molar-refractivity contribution in [1.82, 2.24) is 14.8 Å². The van der Waals surface area contributed by atoms with Gasteiger partial charge in [-0.15, -0.1) is 0 Å². The molecule has 0 atom stereocenters. The van der Waals surface area contributed by atoms with Crippen LogP contribution < -0.4 is 5.76 Å². The highest BCUT2D eigenvalue weighted by atomic mass is 16.4. The summed E-state index contributed by atoms with van der Waals surface area (Å²) in [5, 5.41) is 0. The summed E-state index contributed by atoms with van der Waals surface area (Å²) in [4.78, 5) is 30.8. The largest absolute Gasteiger partial charge is 0.417 e. The van der Waals surface area contributed by atoms with Crippen LogP contribution in [0.2, 0.25) is 0 Å². The van der Waals surface area contributed by atoms with Crippen molar-refractivity contribution < 1.29 is 9.21 Å². The molecule has 6 heteroatoms. The van der Waals surface area contributed by atoms with E-state index in [0.29, 0.717) is 23.9 Å². The summed E-state index contributed by atoms with van der Waals surface area (Å²) in [7, 11) is 0. The van der Waals surface area contributed by atoms with E-state index >= 15 is 0 Å². The molecule has 1 N–H and O–H groups in total. The van der Waals surface area contributed by atoms with Crippen LogP contribution in [-0.4, -0.2) is 46.9 Å². The molecule has 27 heavy (non-hydrogen) atoms. The van der Waals surface area contributed by atoms with Gasteiger partial charge in [0.15, 0.2) is 5.58 Å². The Bertz CT molecular complexity index is 969. The third-order valence-corrected chi connectivity index (χ3v) is 5.08. The van der Waals surface area contributed by atoms with Crippen LogP contribution in [-0.2, 0) is 17.8 Å². The van der Waals surface area contributed by atoms with E-state index in [-0.39, 0.29) is 5.91 Å². The molecule has 4 rings (SSSR count). The molecule has 2 aromatic carbocycles. The maximum atomic E-state index is 12.5. The molecule has 1 fully saturated rings. The minimum atomic E-state index is -0.452. The van der Waals surface area contributed by atoms with E-state index in [0.717, 1.165) is 38.3 Å². The van der Waals surface area contributed by atoms with Crippen LogP contribution in [0.25, 0.3) is 11.1 Å². The zero-order valence-corrected chi connectivity index (χ0v) is 15.2. The molecule has 0 aliphatic carbocycles. The number of amides is 1. The van der Waals surface area contributed by atoms with Crippen LogP contribution in [0, 0.1) is 0 Å². The number of hydrogen-bond donors (Lipinski definition) is 1. The summed E-state index contributed by atoms with van der Waals surface area (Å²) in [6, 6.07) is 16.0. The topological polar surface area (TPSA) is 69.5 Å². The first-order valence-corrected chi connectivity index (χ1v) is 9.33. The second-order valence-corrected chi connectivity index (χ2v) is 6.99. The highest BCUT2D eigenvalue weighted by Gasteiger charge is 2.20. The molecule has 1 aromatic heterocycles. The number of H-pyrrole nitrogens is 1. The lowest BCUT2D eigenvalue weighted by Crippen LogP contribution is -2.48. The number of aryl methyl sites for hydroxylation is 1. The number of nitrogens with zero attached hydrogens (tertiary/aromatic N) is 2. The van der Waals surface area contributed by atoms with Crippen LogP contribution in [0.4, 0.5) is 0 Å². The number of piperazine rings is 1. The fraction of sp³-hybridized carbons (Fsp3) is 0.333. The predicted molar refractivity (Wildman–Crippen MR) is 103 cm³/mol. The molecule has 1 aliphatic rings. The summed E-state index contributed by atoms with van der Waals surface area (Å²) in [5.74, 6) is -0.262. The van der Waals surface area contributed by atoms with Gasteiger partial charge in [-0.1, -0.05) is 36.4 Å². The van der Waals surface area contributed by atoms with Crippen molar-refractivity contribution in [3.8, 4) is 0 Å². The molecule has 1 amide bonds. The van der Waals surface area contributed by atoms with Crippen molar-refractivity contribution in [3.05, 3.63) is 70.2 Å². The van der Waals surface area contributed by atoms with Gasteiger partial charge in [-0.3, -0.25) is 14.7 Å². The highest BCUT2D eigenvalue weighted by molar-refractivity contribution is 5.77. The number of aromatic nitrogens is 1. The first-order valence-electron chi connectivity index (χ1n) is 9.33. The van der Waals surface area contributed by atoms with Crippen molar-refractivity contribution in [3.63, 3.8) is 0 Å². The van der Waals surface area contributed by atoms with Crippen LogP contribution in [0.15, 0.2) is 57.7 Å². The molecule has 0 radical (unpaired) electrons. The summed E-state index contributed by atoms with van der Waals surface area (Å²) < 4.78 is 5.01.